The molecular weight excluding hydrogens is 484 g/mol. The standard InChI is InChI=1S/C28H20N6O4/c35-26-9-10-29-16-33(26)14-20-3-7-22(8-4-20)28-31-13-25(38-28)23-11-27(36)34(17-32-23)15-19-1-5-21(6-2-19)24-12-30-18-37-24/h1-13,16-18H,14-15H2. The maximum Gasteiger partial charge on any atom is 0.254 e. The lowest BCUT2D eigenvalue weighted by molar-refractivity contribution is 0.572. The number of rotatable bonds is 7. The first kappa shape index (κ1) is 23.0. The lowest BCUT2D eigenvalue weighted by Gasteiger charge is -2.06. The quantitative estimate of drug-likeness (QED) is 0.321. The number of benzene rings is 2. The van der Waals surface area contributed by atoms with Gasteiger partial charge < -0.3 is 8.83 Å². The van der Waals surface area contributed by atoms with Gasteiger partial charge in [0.1, 0.15) is 5.69 Å². The molecule has 38 heavy (non-hydrogen) atoms. The summed E-state index contributed by atoms with van der Waals surface area (Å²) in [7, 11) is 0. The van der Waals surface area contributed by atoms with Crippen molar-refractivity contribution in [3.8, 4) is 34.2 Å². The maximum atomic E-state index is 12.8. The van der Waals surface area contributed by atoms with Crippen LogP contribution in [0.2, 0.25) is 0 Å². The van der Waals surface area contributed by atoms with Gasteiger partial charge in [0.25, 0.3) is 11.1 Å². The van der Waals surface area contributed by atoms with E-state index in [1.165, 1.54) is 46.5 Å². The summed E-state index contributed by atoms with van der Waals surface area (Å²) in [5.74, 6) is 1.48. The summed E-state index contributed by atoms with van der Waals surface area (Å²) in [6.07, 6.45) is 9.07. The predicted octanol–water partition coefficient (Wildman–Crippen LogP) is 3.87. The topological polar surface area (TPSA) is 122 Å². The molecule has 0 fully saturated rings. The van der Waals surface area contributed by atoms with Crippen LogP contribution in [0.5, 0.6) is 0 Å². The van der Waals surface area contributed by atoms with Gasteiger partial charge in [-0.25, -0.2) is 19.9 Å². The minimum absolute atomic E-state index is 0.114. The molecule has 0 unspecified atom stereocenters. The molecule has 0 radical (unpaired) electrons. The predicted molar refractivity (Wildman–Crippen MR) is 138 cm³/mol. The van der Waals surface area contributed by atoms with Gasteiger partial charge in [-0.3, -0.25) is 18.7 Å². The van der Waals surface area contributed by atoms with Gasteiger partial charge in [0.15, 0.2) is 17.9 Å². The van der Waals surface area contributed by atoms with Crippen molar-refractivity contribution >= 4 is 0 Å². The fourth-order valence-corrected chi connectivity index (χ4v) is 3.98. The molecule has 0 atom stereocenters. The van der Waals surface area contributed by atoms with Crippen LogP contribution >= 0.6 is 0 Å². The summed E-state index contributed by atoms with van der Waals surface area (Å²) in [6.45, 7) is 0.789. The molecule has 2 aromatic carbocycles. The van der Waals surface area contributed by atoms with E-state index in [4.69, 9.17) is 8.83 Å². The van der Waals surface area contributed by atoms with Crippen LogP contribution < -0.4 is 11.1 Å². The number of oxazole rings is 2. The van der Waals surface area contributed by atoms with E-state index in [-0.39, 0.29) is 11.1 Å². The normalized spacial score (nSPS) is 11.1. The van der Waals surface area contributed by atoms with Gasteiger partial charge >= 0.3 is 0 Å². The molecule has 0 aliphatic carbocycles. The highest BCUT2D eigenvalue weighted by molar-refractivity contribution is 5.59. The van der Waals surface area contributed by atoms with E-state index in [2.05, 4.69) is 19.9 Å². The zero-order chi connectivity index (χ0) is 25.9. The van der Waals surface area contributed by atoms with Gasteiger partial charge in [-0.1, -0.05) is 36.4 Å². The van der Waals surface area contributed by atoms with E-state index in [9.17, 15) is 9.59 Å². The number of hydrogen-bond donors (Lipinski definition) is 0. The Bertz CT molecular complexity index is 1800. The molecule has 0 saturated heterocycles. The van der Waals surface area contributed by atoms with Crippen molar-refractivity contribution in [2.24, 2.45) is 0 Å². The summed E-state index contributed by atoms with van der Waals surface area (Å²) < 4.78 is 14.3. The maximum absolute atomic E-state index is 12.8. The third kappa shape index (κ3) is 4.82. The van der Waals surface area contributed by atoms with Crippen LogP contribution in [0.15, 0.2) is 117 Å². The largest absolute Gasteiger partial charge is 0.444 e. The molecule has 6 rings (SSSR count). The molecule has 10 nitrogen and oxygen atoms in total. The lowest BCUT2D eigenvalue weighted by Crippen LogP contribution is -2.20. The smallest absolute Gasteiger partial charge is 0.254 e. The molecule has 0 bridgehead atoms. The Labute approximate surface area is 215 Å². The second-order valence-corrected chi connectivity index (χ2v) is 8.58. The van der Waals surface area contributed by atoms with Gasteiger partial charge in [-0.05, 0) is 23.3 Å². The highest BCUT2D eigenvalue weighted by atomic mass is 16.4. The van der Waals surface area contributed by atoms with E-state index in [0.717, 1.165) is 22.3 Å². The molecular formula is C28H20N6O4. The Hall–Kier alpha value is -5.38. The van der Waals surface area contributed by atoms with Crippen LogP contribution in [-0.4, -0.2) is 29.1 Å². The van der Waals surface area contributed by atoms with Crippen LogP contribution in [0.3, 0.4) is 0 Å². The molecule has 0 amide bonds. The summed E-state index contributed by atoms with van der Waals surface area (Å²) >= 11 is 0. The molecule has 4 aromatic heterocycles. The van der Waals surface area contributed by atoms with Gasteiger partial charge in [0.2, 0.25) is 5.89 Å². The van der Waals surface area contributed by atoms with Crippen LogP contribution in [0, 0.1) is 0 Å². The molecule has 0 spiro atoms. The second-order valence-electron chi connectivity index (χ2n) is 8.58. The fourth-order valence-electron chi connectivity index (χ4n) is 3.98. The first-order valence-corrected chi connectivity index (χ1v) is 11.7. The number of hydrogen-bond acceptors (Lipinski definition) is 8. The second kappa shape index (κ2) is 9.94. The minimum Gasteiger partial charge on any atom is -0.444 e. The van der Waals surface area contributed by atoms with E-state index in [1.807, 2.05) is 48.5 Å². The molecule has 0 N–H and O–H groups in total. The van der Waals surface area contributed by atoms with Gasteiger partial charge in [-0.2, -0.15) is 0 Å². The SMILES string of the molecule is O=c1ccncn1Cc1ccc(-c2ncc(-c3cc(=O)n(Cc4ccc(-c5cnco5)cc4)cn3)o2)cc1. The van der Waals surface area contributed by atoms with Crippen molar-refractivity contribution in [3.05, 3.63) is 130 Å². The molecule has 186 valence electrons. The first-order valence-electron chi connectivity index (χ1n) is 11.7. The molecule has 4 heterocycles. The molecule has 10 heteroatoms. The molecule has 0 aliphatic heterocycles. The average Bonchev–Trinajstić information content (AvgIpc) is 3.65. The van der Waals surface area contributed by atoms with E-state index in [0.29, 0.717) is 36.2 Å². The Kier molecular flexibility index (Phi) is 6.03. The Morgan fingerprint density at radius 3 is 2.05 bits per heavy atom. The first-order chi connectivity index (χ1) is 18.6. The summed E-state index contributed by atoms with van der Waals surface area (Å²) in [4.78, 5) is 41.3. The summed E-state index contributed by atoms with van der Waals surface area (Å²) in [5, 5.41) is 0. The Morgan fingerprint density at radius 1 is 0.684 bits per heavy atom. The van der Waals surface area contributed by atoms with Crippen molar-refractivity contribution in [3.63, 3.8) is 0 Å². The van der Waals surface area contributed by atoms with Crippen molar-refractivity contribution in [2.45, 2.75) is 13.1 Å². The van der Waals surface area contributed by atoms with Gasteiger partial charge in [-0.15, -0.1) is 0 Å². The van der Waals surface area contributed by atoms with Gasteiger partial charge in [0, 0.05) is 29.5 Å². The van der Waals surface area contributed by atoms with Crippen molar-refractivity contribution in [1.82, 2.24) is 29.1 Å². The molecule has 6 aromatic rings. The number of nitrogens with zero attached hydrogens (tertiary/aromatic N) is 6. The monoisotopic (exact) mass is 504 g/mol. The zero-order valence-corrected chi connectivity index (χ0v) is 20.0. The minimum atomic E-state index is -0.206. The van der Waals surface area contributed by atoms with E-state index in [1.54, 1.807) is 12.4 Å². The molecule has 0 aliphatic rings. The highest BCUT2D eigenvalue weighted by Gasteiger charge is 2.12. The fraction of sp³-hybridized carbons (Fsp3) is 0.0714. The van der Waals surface area contributed by atoms with Crippen molar-refractivity contribution in [1.29, 1.82) is 0 Å². The van der Waals surface area contributed by atoms with Crippen LogP contribution in [0.1, 0.15) is 11.1 Å². The van der Waals surface area contributed by atoms with Crippen LogP contribution in [0.25, 0.3) is 34.2 Å². The zero-order valence-electron chi connectivity index (χ0n) is 20.0. The van der Waals surface area contributed by atoms with Gasteiger partial charge in [0.05, 0.1) is 38.1 Å². The van der Waals surface area contributed by atoms with Crippen LogP contribution in [0.4, 0.5) is 0 Å². The van der Waals surface area contributed by atoms with Crippen molar-refractivity contribution in [2.75, 3.05) is 0 Å². The Morgan fingerprint density at radius 2 is 1.39 bits per heavy atom. The summed E-state index contributed by atoms with van der Waals surface area (Å²) in [6, 6.07) is 18.1. The van der Waals surface area contributed by atoms with E-state index < -0.39 is 0 Å². The Balaban J connectivity index is 1.15. The highest BCUT2D eigenvalue weighted by Crippen LogP contribution is 2.25. The van der Waals surface area contributed by atoms with Crippen LogP contribution in [-0.2, 0) is 13.1 Å². The van der Waals surface area contributed by atoms with Crippen molar-refractivity contribution < 1.29 is 8.83 Å². The van der Waals surface area contributed by atoms with E-state index >= 15 is 0 Å². The summed E-state index contributed by atoms with van der Waals surface area (Å²) in [5.41, 5.74) is 3.64. The third-order valence-corrected chi connectivity index (χ3v) is 6.01. The molecule has 0 saturated carbocycles. The average molecular weight is 505 g/mol. The third-order valence-electron chi connectivity index (χ3n) is 6.01. The number of aromatic nitrogens is 6. The lowest BCUT2D eigenvalue weighted by atomic mass is 10.1.